The lowest BCUT2D eigenvalue weighted by Gasteiger charge is -2.01. The van der Waals surface area contributed by atoms with E-state index in [1.165, 1.54) is 11.3 Å². The number of anilines is 1. The molecule has 2 heterocycles. The number of pyridine rings is 1. The van der Waals surface area contributed by atoms with Crippen molar-refractivity contribution in [3.63, 3.8) is 0 Å². The van der Waals surface area contributed by atoms with Crippen LogP contribution in [0.3, 0.4) is 0 Å². The molecule has 0 radical (unpaired) electrons. The summed E-state index contributed by atoms with van der Waals surface area (Å²) < 4.78 is 0. The van der Waals surface area contributed by atoms with Crippen molar-refractivity contribution in [1.29, 1.82) is 0 Å². The third kappa shape index (κ3) is 4.12. The predicted octanol–water partition coefficient (Wildman–Crippen LogP) is 2.97. The van der Waals surface area contributed by atoms with Crippen molar-refractivity contribution in [2.24, 2.45) is 0 Å². The monoisotopic (exact) mass is 279 g/mol. The first-order valence-corrected chi connectivity index (χ1v) is 7.36. The number of hydrogen-bond donors (Lipinski definition) is 1. The number of carbonyl (C=O) groups excluding carboxylic acids is 1. The van der Waals surface area contributed by atoms with E-state index < -0.39 is 0 Å². The van der Waals surface area contributed by atoms with Gasteiger partial charge in [-0.25, -0.2) is 9.97 Å². The van der Waals surface area contributed by atoms with Crippen molar-refractivity contribution >= 4 is 34.1 Å². The zero-order valence-electron chi connectivity index (χ0n) is 9.92. The Morgan fingerprint density at radius 1 is 1.50 bits per heavy atom. The van der Waals surface area contributed by atoms with Crippen LogP contribution in [0.15, 0.2) is 34.8 Å². The average Bonchev–Trinajstić information content (AvgIpc) is 2.76. The molecule has 0 aromatic carbocycles. The minimum absolute atomic E-state index is 0.00668. The zero-order valence-corrected chi connectivity index (χ0v) is 11.6. The molecule has 0 aliphatic rings. The fraction of sp³-hybridized carbons (Fsp3) is 0.250. The maximum absolute atomic E-state index is 11.6. The highest BCUT2D eigenvalue weighted by atomic mass is 32.2. The SMILES string of the molecule is Cc1csc(NC(=O)CCSc2ccccn2)n1. The fourth-order valence-electron chi connectivity index (χ4n) is 1.27. The second-order valence-corrected chi connectivity index (χ2v) is 5.58. The third-order valence-electron chi connectivity index (χ3n) is 2.08. The molecule has 0 spiro atoms. The zero-order chi connectivity index (χ0) is 12.8. The van der Waals surface area contributed by atoms with Gasteiger partial charge >= 0.3 is 0 Å². The van der Waals surface area contributed by atoms with E-state index in [-0.39, 0.29) is 5.91 Å². The Labute approximate surface area is 114 Å². The van der Waals surface area contributed by atoms with E-state index in [1.807, 2.05) is 30.5 Å². The molecule has 0 aliphatic carbocycles. The summed E-state index contributed by atoms with van der Waals surface area (Å²) in [5, 5.41) is 6.31. The third-order valence-corrected chi connectivity index (χ3v) is 3.90. The first kappa shape index (κ1) is 13.0. The van der Waals surface area contributed by atoms with E-state index in [9.17, 15) is 4.79 Å². The summed E-state index contributed by atoms with van der Waals surface area (Å²) in [6.45, 7) is 1.91. The van der Waals surface area contributed by atoms with E-state index in [1.54, 1.807) is 18.0 Å². The summed E-state index contributed by atoms with van der Waals surface area (Å²) in [6.07, 6.45) is 2.21. The van der Waals surface area contributed by atoms with Crippen LogP contribution in [0.4, 0.5) is 5.13 Å². The van der Waals surface area contributed by atoms with Crippen LogP contribution < -0.4 is 5.32 Å². The van der Waals surface area contributed by atoms with Gasteiger partial charge in [0.1, 0.15) is 0 Å². The molecule has 0 aliphatic heterocycles. The number of thiazole rings is 1. The topological polar surface area (TPSA) is 54.9 Å². The number of rotatable bonds is 5. The first-order chi connectivity index (χ1) is 8.74. The molecule has 0 unspecified atom stereocenters. The Balaban J connectivity index is 1.72. The van der Waals surface area contributed by atoms with Crippen LogP contribution in [0.2, 0.25) is 0 Å². The number of thioether (sulfide) groups is 1. The van der Waals surface area contributed by atoms with E-state index in [2.05, 4.69) is 15.3 Å². The van der Waals surface area contributed by atoms with Gasteiger partial charge in [-0.1, -0.05) is 6.07 Å². The summed E-state index contributed by atoms with van der Waals surface area (Å²) in [5.41, 5.74) is 0.929. The van der Waals surface area contributed by atoms with Crippen LogP contribution in [-0.4, -0.2) is 21.6 Å². The lowest BCUT2D eigenvalue weighted by molar-refractivity contribution is -0.115. The molecule has 2 rings (SSSR count). The van der Waals surface area contributed by atoms with Crippen molar-refractivity contribution in [3.05, 3.63) is 35.5 Å². The van der Waals surface area contributed by atoms with Gasteiger partial charge in [0.2, 0.25) is 5.91 Å². The van der Waals surface area contributed by atoms with Crippen molar-refractivity contribution in [2.45, 2.75) is 18.4 Å². The molecule has 4 nitrogen and oxygen atoms in total. The van der Waals surface area contributed by atoms with E-state index in [0.717, 1.165) is 10.7 Å². The molecule has 0 fully saturated rings. The Hall–Kier alpha value is -1.40. The number of nitrogens with zero attached hydrogens (tertiary/aromatic N) is 2. The maximum atomic E-state index is 11.6. The summed E-state index contributed by atoms with van der Waals surface area (Å²) in [6, 6.07) is 5.75. The largest absolute Gasteiger partial charge is 0.302 e. The van der Waals surface area contributed by atoms with Crippen LogP contribution in [0.25, 0.3) is 0 Å². The Morgan fingerprint density at radius 3 is 3.06 bits per heavy atom. The van der Waals surface area contributed by atoms with Crippen LogP contribution in [-0.2, 0) is 4.79 Å². The van der Waals surface area contributed by atoms with Gasteiger partial charge in [-0.15, -0.1) is 23.1 Å². The molecule has 6 heteroatoms. The van der Waals surface area contributed by atoms with Gasteiger partial charge in [0.25, 0.3) is 0 Å². The van der Waals surface area contributed by atoms with Gasteiger partial charge in [0.15, 0.2) is 5.13 Å². The second kappa shape index (κ2) is 6.51. The highest BCUT2D eigenvalue weighted by Gasteiger charge is 2.05. The predicted molar refractivity (Wildman–Crippen MR) is 75.1 cm³/mol. The molecule has 0 atom stereocenters. The highest BCUT2D eigenvalue weighted by Crippen LogP contribution is 2.17. The number of nitrogens with one attached hydrogen (secondary N) is 1. The van der Waals surface area contributed by atoms with Crippen molar-refractivity contribution in [1.82, 2.24) is 9.97 Å². The highest BCUT2D eigenvalue weighted by molar-refractivity contribution is 7.99. The molecule has 18 heavy (non-hydrogen) atoms. The van der Waals surface area contributed by atoms with Crippen molar-refractivity contribution in [3.8, 4) is 0 Å². The average molecular weight is 279 g/mol. The molecule has 2 aromatic heterocycles. The minimum atomic E-state index is -0.00668. The number of aromatic nitrogens is 2. The molecular formula is C12H13N3OS2. The van der Waals surface area contributed by atoms with E-state index in [0.29, 0.717) is 17.3 Å². The minimum Gasteiger partial charge on any atom is -0.302 e. The normalized spacial score (nSPS) is 10.3. The van der Waals surface area contributed by atoms with Crippen LogP contribution in [0.1, 0.15) is 12.1 Å². The fourth-order valence-corrected chi connectivity index (χ4v) is 2.79. The molecule has 1 amide bonds. The molecule has 0 saturated carbocycles. The summed E-state index contributed by atoms with van der Waals surface area (Å²) in [4.78, 5) is 20.0. The van der Waals surface area contributed by atoms with Gasteiger partial charge in [-0.05, 0) is 19.1 Å². The quantitative estimate of drug-likeness (QED) is 0.855. The summed E-state index contributed by atoms with van der Waals surface area (Å²) >= 11 is 3.02. The maximum Gasteiger partial charge on any atom is 0.226 e. The summed E-state index contributed by atoms with van der Waals surface area (Å²) in [5.74, 6) is 0.709. The molecule has 0 bridgehead atoms. The second-order valence-electron chi connectivity index (χ2n) is 3.61. The number of hydrogen-bond acceptors (Lipinski definition) is 5. The Morgan fingerprint density at radius 2 is 2.39 bits per heavy atom. The Kier molecular flexibility index (Phi) is 4.72. The van der Waals surface area contributed by atoms with Gasteiger partial charge < -0.3 is 5.32 Å². The molecular weight excluding hydrogens is 266 g/mol. The van der Waals surface area contributed by atoms with Crippen molar-refractivity contribution < 1.29 is 4.79 Å². The number of carbonyl (C=O) groups is 1. The molecule has 1 N–H and O–H groups in total. The van der Waals surface area contributed by atoms with Gasteiger partial charge in [0, 0.05) is 23.8 Å². The number of aryl methyl sites for hydroxylation is 1. The van der Waals surface area contributed by atoms with E-state index in [4.69, 9.17) is 0 Å². The number of amides is 1. The van der Waals surface area contributed by atoms with Gasteiger partial charge in [-0.2, -0.15) is 0 Å². The van der Waals surface area contributed by atoms with Crippen LogP contribution >= 0.6 is 23.1 Å². The Bertz CT molecular complexity index is 513. The molecule has 2 aromatic rings. The lowest BCUT2D eigenvalue weighted by Crippen LogP contribution is -2.11. The smallest absolute Gasteiger partial charge is 0.226 e. The summed E-state index contributed by atoms with van der Waals surface area (Å²) in [7, 11) is 0. The van der Waals surface area contributed by atoms with Gasteiger partial charge in [0.05, 0.1) is 10.7 Å². The van der Waals surface area contributed by atoms with Crippen molar-refractivity contribution in [2.75, 3.05) is 11.1 Å². The van der Waals surface area contributed by atoms with Crippen LogP contribution in [0.5, 0.6) is 0 Å². The first-order valence-electron chi connectivity index (χ1n) is 5.50. The van der Waals surface area contributed by atoms with E-state index >= 15 is 0 Å². The molecule has 94 valence electrons. The van der Waals surface area contributed by atoms with Crippen LogP contribution in [0, 0.1) is 6.92 Å². The van der Waals surface area contributed by atoms with Gasteiger partial charge in [-0.3, -0.25) is 4.79 Å². The standard InChI is InChI=1S/C12H13N3OS2/c1-9-8-18-12(14-9)15-10(16)5-7-17-11-4-2-3-6-13-11/h2-4,6,8H,5,7H2,1H3,(H,14,15,16). The lowest BCUT2D eigenvalue weighted by atomic mass is 10.4. The molecule has 0 saturated heterocycles.